The van der Waals surface area contributed by atoms with Crippen molar-refractivity contribution in [2.75, 3.05) is 19.8 Å². The van der Waals surface area contributed by atoms with E-state index in [-0.39, 0.29) is 83.5 Å². The van der Waals surface area contributed by atoms with E-state index in [1.165, 1.54) is 11.6 Å². The molecule has 0 amide bonds. The van der Waals surface area contributed by atoms with Gasteiger partial charge in [-0.3, -0.25) is 10.5 Å². The molecule has 4 aliphatic carbocycles. The van der Waals surface area contributed by atoms with Gasteiger partial charge in [-0.05, 0) is 91.8 Å². The smallest absolute Gasteiger partial charge is 0.200 e. The summed E-state index contributed by atoms with van der Waals surface area (Å²) in [6, 6.07) is 17.0. The number of aliphatic hydroxyl groups is 1. The summed E-state index contributed by atoms with van der Waals surface area (Å²) in [5, 5.41) is 48.1. The minimum absolute atomic E-state index is 0.0106. The predicted molar refractivity (Wildman–Crippen MR) is 191 cm³/mol. The van der Waals surface area contributed by atoms with E-state index in [9.17, 15) is 25.2 Å². The number of rotatable bonds is 12. The molecular formula is C41H50N2O7. The normalized spacial score (nSPS) is 25.6. The van der Waals surface area contributed by atoms with Crippen molar-refractivity contribution < 1.29 is 34.7 Å². The van der Waals surface area contributed by atoms with Crippen molar-refractivity contribution in [2.24, 2.45) is 23.0 Å². The number of phenols is 3. The number of hydrogen-bond donors (Lipinski definition) is 6. The van der Waals surface area contributed by atoms with E-state index in [0.717, 1.165) is 74.7 Å². The summed E-state index contributed by atoms with van der Waals surface area (Å²) in [6.45, 7) is 1.66. The van der Waals surface area contributed by atoms with E-state index in [1.807, 2.05) is 18.2 Å². The zero-order valence-corrected chi connectivity index (χ0v) is 28.6. The van der Waals surface area contributed by atoms with Crippen molar-refractivity contribution in [2.45, 2.75) is 88.3 Å². The monoisotopic (exact) mass is 682 g/mol. The third-order valence-electron chi connectivity index (χ3n) is 11.9. The fraction of sp³-hybridized carbons (Fsp3) is 0.488. The molecule has 7 N–H and O–H groups in total. The number of carbonyl (C=O) groups excluding carboxylic acids is 1. The third kappa shape index (κ3) is 6.83. The Morgan fingerprint density at radius 1 is 1.00 bits per heavy atom. The van der Waals surface area contributed by atoms with Crippen LogP contribution in [0.2, 0.25) is 0 Å². The largest absolute Gasteiger partial charge is 0.504 e. The molecule has 50 heavy (non-hydrogen) atoms. The van der Waals surface area contributed by atoms with Crippen LogP contribution in [0.25, 0.3) is 0 Å². The summed E-state index contributed by atoms with van der Waals surface area (Å²) >= 11 is 0. The number of aliphatic hydroxyl groups excluding tert-OH is 1. The van der Waals surface area contributed by atoms with Gasteiger partial charge in [-0.15, -0.1) is 0 Å². The Morgan fingerprint density at radius 2 is 1.80 bits per heavy atom. The number of phenolic OH excluding ortho intramolecular Hbond substituents is 3. The molecule has 5 aliphatic rings. The highest BCUT2D eigenvalue weighted by atomic mass is 16.5. The molecule has 3 aromatic carbocycles. The quantitative estimate of drug-likeness (QED) is 0.0771. The number of ether oxygens (including phenoxy) is 2. The summed E-state index contributed by atoms with van der Waals surface area (Å²) in [5.74, 6) is -0.391. The van der Waals surface area contributed by atoms with Crippen molar-refractivity contribution in [3.8, 4) is 28.7 Å². The van der Waals surface area contributed by atoms with E-state index >= 15 is 0 Å². The molecule has 8 rings (SSSR count). The first-order valence-electron chi connectivity index (χ1n) is 18.3. The SMILES string of the molecule is NCOc1cc(CCC(=O)CC(O)C2C=CC3CC(Cc4ccccc4)C2c2cc(O)c(O)c(OC4CCNCC45CCCC5)c23)ccc1O. The first-order chi connectivity index (χ1) is 24.3. The Bertz CT molecular complexity index is 1700. The fourth-order valence-corrected chi connectivity index (χ4v) is 9.43. The maximum Gasteiger partial charge on any atom is 0.200 e. The molecule has 1 saturated carbocycles. The lowest BCUT2D eigenvalue weighted by Gasteiger charge is -2.44. The Kier molecular flexibility index (Phi) is 10.1. The molecule has 9 heteroatoms. The van der Waals surface area contributed by atoms with Gasteiger partial charge in [0.05, 0.1) is 6.10 Å². The number of aryl methyl sites for hydroxylation is 1. The first-order valence-corrected chi connectivity index (χ1v) is 18.3. The minimum atomic E-state index is -0.950. The molecule has 3 aromatic rings. The molecular weight excluding hydrogens is 632 g/mol. The molecule has 2 fully saturated rings. The van der Waals surface area contributed by atoms with Gasteiger partial charge in [-0.25, -0.2) is 0 Å². The highest BCUT2D eigenvalue weighted by molar-refractivity contribution is 5.79. The molecule has 1 spiro atoms. The Morgan fingerprint density at radius 3 is 2.58 bits per heavy atom. The van der Waals surface area contributed by atoms with Gasteiger partial charge in [0, 0.05) is 42.2 Å². The van der Waals surface area contributed by atoms with Crippen LogP contribution in [-0.2, 0) is 17.6 Å². The zero-order valence-electron chi connectivity index (χ0n) is 28.6. The van der Waals surface area contributed by atoms with Gasteiger partial charge >= 0.3 is 0 Å². The van der Waals surface area contributed by atoms with Crippen LogP contribution in [0.1, 0.15) is 85.5 Å². The number of ketones is 1. The fourth-order valence-electron chi connectivity index (χ4n) is 9.43. The molecule has 1 heterocycles. The number of allylic oxidation sites excluding steroid dienone is 1. The van der Waals surface area contributed by atoms with Gasteiger partial charge in [0.25, 0.3) is 0 Å². The average Bonchev–Trinajstić information content (AvgIpc) is 3.42. The number of hydrogen-bond acceptors (Lipinski definition) is 9. The Balaban J connectivity index is 1.18. The number of piperidine rings is 1. The Labute approximate surface area is 294 Å². The number of fused-ring (bicyclic) bond motifs is 2. The zero-order chi connectivity index (χ0) is 34.8. The maximum absolute atomic E-state index is 13.4. The number of carbonyl (C=O) groups is 1. The summed E-state index contributed by atoms with van der Waals surface area (Å²) in [5.41, 5.74) is 9.31. The van der Waals surface area contributed by atoms with Crippen LogP contribution in [-0.4, -0.2) is 58.2 Å². The first kappa shape index (κ1) is 34.4. The van der Waals surface area contributed by atoms with Crippen molar-refractivity contribution in [1.29, 1.82) is 0 Å². The number of nitrogens with one attached hydrogen (secondary N) is 1. The molecule has 266 valence electrons. The van der Waals surface area contributed by atoms with E-state index in [4.69, 9.17) is 15.2 Å². The molecule has 0 radical (unpaired) electrons. The van der Waals surface area contributed by atoms with E-state index in [2.05, 4.69) is 29.6 Å². The molecule has 6 atom stereocenters. The van der Waals surface area contributed by atoms with Gasteiger partial charge in [-0.2, -0.15) is 0 Å². The second kappa shape index (κ2) is 14.7. The predicted octanol–water partition coefficient (Wildman–Crippen LogP) is 5.97. The summed E-state index contributed by atoms with van der Waals surface area (Å²) in [6.07, 6.45) is 10.7. The van der Waals surface area contributed by atoms with Crippen LogP contribution in [0.5, 0.6) is 28.7 Å². The van der Waals surface area contributed by atoms with Crippen LogP contribution in [0.4, 0.5) is 0 Å². The number of Topliss-reactive ketones (excluding diaryl/α,β-unsaturated/α-hetero) is 1. The molecule has 2 bridgehead atoms. The second-order valence-corrected chi connectivity index (χ2v) is 14.9. The molecule has 0 aromatic heterocycles. The third-order valence-corrected chi connectivity index (χ3v) is 11.9. The van der Waals surface area contributed by atoms with E-state index < -0.39 is 6.10 Å². The number of aromatic hydroxyl groups is 3. The van der Waals surface area contributed by atoms with Gasteiger partial charge in [-0.1, -0.05) is 61.4 Å². The lowest BCUT2D eigenvalue weighted by Crippen LogP contribution is -2.51. The lowest BCUT2D eigenvalue weighted by atomic mass is 9.65. The van der Waals surface area contributed by atoms with E-state index in [1.54, 1.807) is 18.2 Å². The molecule has 1 aliphatic heterocycles. The van der Waals surface area contributed by atoms with Crippen molar-refractivity contribution in [1.82, 2.24) is 5.32 Å². The average molecular weight is 683 g/mol. The lowest BCUT2D eigenvalue weighted by molar-refractivity contribution is -0.121. The van der Waals surface area contributed by atoms with Gasteiger partial charge in [0.15, 0.2) is 23.0 Å². The topological polar surface area (TPSA) is 154 Å². The second-order valence-electron chi connectivity index (χ2n) is 14.9. The van der Waals surface area contributed by atoms with Crippen LogP contribution in [0, 0.1) is 17.3 Å². The van der Waals surface area contributed by atoms with Crippen LogP contribution >= 0.6 is 0 Å². The van der Waals surface area contributed by atoms with Crippen molar-refractivity contribution in [3.05, 3.63) is 89.0 Å². The summed E-state index contributed by atoms with van der Waals surface area (Å²) < 4.78 is 12.2. The highest BCUT2D eigenvalue weighted by Crippen LogP contribution is 2.59. The standard InChI is InChI=1S/C41H50N2O7/c42-24-49-35-19-26(9-13-32(35)45)8-11-29(44)21-33(46)30-12-10-27-20-28(18-25-6-2-1-3-7-25)37(30)31-22-34(47)39(48)40(38(27)31)50-36-14-17-43-23-41(36)15-4-5-16-41/h1-3,6-7,9-10,12-13,19,22,27-28,30,33,36-37,43,45-48H,4-5,8,11,14-18,20-21,23-24,42H2. The van der Waals surface area contributed by atoms with Crippen LogP contribution in [0.15, 0.2) is 66.7 Å². The molecule has 9 nitrogen and oxygen atoms in total. The van der Waals surface area contributed by atoms with Gasteiger partial charge in [0.2, 0.25) is 5.75 Å². The summed E-state index contributed by atoms with van der Waals surface area (Å²) in [7, 11) is 0. The van der Waals surface area contributed by atoms with E-state index in [0.29, 0.717) is 12.2 Å². The van der Waals surface area contributed by atoms with Crippen molar-refractivity contribution >= 4 is 5.78 Å². The van der Waals surface area contributed by atoms with Crippen LogP contribution < -0.4 is 20.5 Å². The Hall–Kier alpha value is -4.05. The van der Waals surface area contributed by atoms with Crippen molar-refractivity contribution in [3.63, 3.8) is 0 Å². The number of nitrogens with two attached hydrogens (primary N) is 1. The highest BCUT2D eigenvalue weighted by Gasteiger charge is 2.48. The van der Waals surface area contributed by atoms with Crippen LogP contribution in [0.3, 0.4) is 0 Å². The summed E-state index contributed by atoms with van der Waals surface area (Å²) in [4.78, 5) is 13.4. The maximum atomic E-state index is 13.4. The minimum Gasteiger partial charge on any atom is -0.504 e. The molecule has 6 unspecified atom stereocenters. The number of benzene rings is 3. The molecule has 1 saturated heterocycles. The van der Waals surface area contributed by atoms with Gasteiger partial charge in [0.1, 0.15) is 18.6 Å². The van der Waals surface area contributed by atoms with Gasteiger partial charge < -0.3 is 35.2 Å².